The Bertz CT molecular complexity index is 305. The number of anilines is 2. The van der Waals surface area contributed by atoms with Crippen LogP contribution in [0.5, 0.6) is 0 Å². The lowest BCUT2D eigenvalue weighted by Gasteiger charge is -2.19. The van der Waals surface area contributed by atoms with Crippen molar-refractivity contribution >= 4 is 23.0 Å². The third kappa shape index (κ3) is 2.04. The van der Waals surface area contributed by atoms with Crippen LogP contribution in [0.15, 0.2) is 6.07 Å². The van der Waals surface area contributed by atoms with Crippen LogP contribution in [0.25, 0.3) is 0 Å². The average molecular weight is 200 g/mol. The van der Waals surface area contributed by atoms with E-state index in [4.69, 9.17) is 23.1 Å². The zero-order valence-electron chi connectivity index (χ0n) is 8.06. The Hall–Kier alpha value is -0.960. The van der Waals surface area contributed by atoms with Crippen LogP contribution in [0.3, 0.4) is 0 Å². The van der Waals surface area contributed by atoms with Gasteiger partial charge in [0.2, 0.25) is 0 Å². The Labute approximate surface area is 83.1 Å². The van der Waals surface area contributed by atoms with Gasteiger partial charge in [0.05, 0.1) is 11.4 Å². The summed E-state index contributed by atoms with van der Waals surface area (Å²) in [6, 6.07) is 1.77. The van der Waals surface area contributed by atoms with Crippen LogP contribution in [-0.2, 0) is 5.41 Å². The second-order valence-electron chi connectivity index (χ2n) is 4.05. The van der Waals surface area contributed by atoms with Crippen LogP contribution in [0, 0.1) is 0 Å². The molecule has 1 aromatic rings. The predicted octanol–water partition coefficient (Wildman–Crippen LogP) is 2.20. The molecule has 0 radical (unpaired) electrons. The van der Waals surface area contributed by atoms with Crippen LogP contribution in [0.4, 0.5) is 11.4 Å². The number of nitrogen functional groups attached to an aromatic ring is 2. The summed E-state index contributed by atoms with van der Waals surface area (Å²) in [6.07, 6.45) is 0. The van der Waals surface area contributed by atoms with Crippen molar-refractivity contribution in [2.24, 2.45) is 0 Å². The number of nitrogens with zero attached hydrogens (tertiary/aromatic N) is 1. The highest BCUT2D eigenvalue weighted by Crippen LogP contribution is 2.29. The molecular weight excluding hydrogens is 186 g/mol. The Morgan fingerprint density at radius 1 is 1.31 bits per heavy atom. The summed E-state index contributed by atoms with van der Waals surface area (Å²) < 4.78 is 0. The van der Waals surface area contributed by atoms with Crippen LogP contribution >= 0.6 is 11.6 Å². The molecule has 0 amide bonds. The molecule has 1 heterocycles. The van der Waals surface area contributed by atoms with Crippen molar-refractivity contribution in [2.75, 3.05) is 11.5 Å². The highest BCUT2D eigenvalue weighted by atomic mass is 35.5. The molecule has 3 nitrogen and oxygen atoms in total. The van der Waals surface area contributed by atoms with Crippen molar-refractivity contribution in [1.29, 1.82) is 0 Å². The molecule has 0 bridgehead atoms. The van der Waals surface area contributed by atoms with Crippen LogP contribution in [0.1, 0.15) is 26.5 Å². The van der Waals surface area contributed by atoms with Gasteiger partial charge in [-0.1, -0.05) is 32.4 Å². The minimum Gasteiger partial charge on any atom is -0.397 e. The molecule has 0 aliphatic heterocycles. The van der Waals surface area contributed by atoms with Gasteiger partial charge in [0.15, 0.2) is 5.15 Å². The second-order valence-corrected chi connectivity index (χ2v) is 4.41. The highest BCUT2D eigenvalue weighted by molar-refractivity contribution is 6.32. The summed E-state index contributed by atoms with van der Waals surface area (Å²) in [7, 11) is 0. The van der Waals surface area contributed by atoms with Gasteiger partial charge in [0, 0.05) is 11.1 Å². The quantitative estimate of drug-likeness (QED) is 0.630. The van der Waals surface area contributed by atoms with Crippen molar-refractivity contribution < 1.29 is 0 Å². The lowest BCUT2D eigenvalue weighted by Crippen LogP contribution is -2.15. The molecule has 0 saturated carbocycles. The second kappa shape index (κ2) is 3.07. The molecule has 0 unspecified atom stereocenters. The first-order valence-electron chi connectivity index (χ1n) is 4.04. The third-order valence-electron chi connectivity index (χ3n) is 1.81. The van der Waals surface area contributed by atoms with E-state index >= 15 is 0 Å². The molecule has 1 aromatic heterocycles. The minimum absolute atomic E-state index is 0.0640. The monoisotopic (exact) mass is 199 g/mol. The van der Waals surface area contributed by atoms with Crippen molar-refractivity contribution in [3.8, 4) is 0 Å². The normalized spacial score (nSPS) is 11.7. The van der Waals surface area contributed by atoms with Gasteiger partial charge in [0.25, 0.3) is 0 Å². The fourth-order valence-electron chi connectivity index (χ4n) is 0.927. The Kier molecular flexibility index (Phi) is 2.39. The summed E-state index contributed by atoms with van der Waals surface area (Å²) in [6.45, 7) is 6.13. The van der Waals surface area contributed by atoms with Gasteiger partial charge < -0.3 is 11.5 Å². The summed E-state index contributed by atoms with van der Waals surface area (Å²) in [5.41, 5.74) is 12.9. The molecule has 0 spiro atoms. The maximum Gasteiger partial charge on any atom is 0.154 e. The molecule has 0 fully saturated rings. The largest absolute Gasteiger partial charge is 0.397 e. The van der Waals surface area contributed by atoms with Crippen molar-refractivity contribution in [1.82, 2.24) is 4.98 Å². The average Bonchev–Trinajstić information content (AvgIpc) is 1.97. The molecule has 0 aliphatic rings. The standard InChI is InChI=1S/C9H14ClN3/c1-9(2,3)6-4-5(11)7(12)8(10)13-6/h4H,12H2,1-3H3,(H2,11,13). The molecule has 1 rings (SSSR count). The number of rotatable bonds is 0. The first kappa shape index (κ1) is 10.1. The van der Waals surface area contributed by atoms with Crippen LogP contribution < -0.4 is 11.5 Å². The Balaban J connectivity index is 3.29. The van der Waals surface area contributed by atoms with Gasteiger partial charge in [-0.2, -0.15) is 0 Å². The number of halogens is 1. The number of hydrogen-bond donors (Lipinski definition) is 2. The predicted molar refractivity (Wildman–Crippen MR) is 56.8 cm³/mol. The lowest BCUT2D eigenvalue weighted by atomic mass is 9.91. The van der Waals surface area contributed by atoms with E-state index in [0.29, 0.717) is 11.4 Å². The minimum atomic E-state index is -0.0640. The van der Waals surface area contributed by atoms with E-state index in [2.05, 4.69) is 4.98 Å². The summed E-state index contributed by atoms with van der Waals surface area (Å²) in [5, 5.41) is 0.282. The van der Waals surface area contributed by atoms with E-state index in [1.165, 1.54) is 0 Å². The van der Waals surface area contributed by atoms with Gasteiger partial charge >= 0.3 is 0 Å². The van der Waals surface area contributed by atoms with E-state index in [1.54, 1.807) is 6.07 Å². The molecule has 0 aliphatic carbocycles. The maximum atomic E-state index is 5.81. The summed E-state index contributed by atoms with van der Waals surface area (Å²) in [5.74, 6) is 0. The number of nitrogens with two attached hydrogens (primary N) is 2. The molecule has 13 heavy (non-hydrogen) atoms. The number of pyridine rings is 1. The van der Waals surface area contributed by atoms with Gasteiger partial charge in [-0.3, -0.25) is 0 Å². The zero-order chi connectivity index (χ0) is 10.2. The first-order valence-corrected chi connectivity index (χ1v) is 4.42. The van der Waals surface area contributed by atoms with Crippen molar-refractivity contribution in [2.45, 2.75) is 26.2 Å². The fourth-order valence-corrected chi connectivity index (χ4v) is 1.13. The Morgan fingerprint density at radius 2 is 1.85 bits per heavy atom. The van der Waals surface area contributed by atoms with Crippen molar-refractivity contribution in [3.05, 3.63) is 16.9 Å². The highest BCUT2D eigenvalue weighted by Gasteiger charge is 2.17. The first-order chi connectivity index (χ1) is 5.82. The van der Waals surface area contributed by atoms with E-state index in [-0.39, 0.29) is 10.6 Å². The SMILES string of the molecule is CC(C)(C)c1cc(N)c(N)c(Cl)n1. The van der Waals surface area contributed by atoms with Crippen LogP contribution in [0.2, 0.25) is 5.15 Å². The molecular formula is C9H14ClN3. The Morgan fingerprint density at radius 3 is 2.23 bits per heavy atom. The molecule has 0 atom stereocenters. The maximum absolute atomic E-state index is 5.81. The van der Waals surface area contributed by atoms with Gasteiger partial charge in [-0.05, 0) is 6.07 Å². The summed E-state index contributed by atoms with van der Waals surface area (Å²) >= 11 is 5.81. The molecule has 72 valence electrons. The summed E-state index contributed by atoms with van der Waals surface area (Å²) in [4.78, 5) is 4.17. The molecule has 4 N–H and O–H groups in total. The molecule has 4 heteroatoms. The van der Waals surface area contributed by atoms with E-state index in [9.17, 15) is 0 Å². The third-order valence-corrected chi connectivity index (χ3v) is 2.10. The smallest absolute Gasteiger partial charge is 0.154 e. The fraction of sp³-hybridized carbons (Fsp3) is 0.444. The molecule has 0 aromatic carbocycles. The molecule has 0 saturated heterocycles. The number of aromatic nitrogens is 1. The van der Waals surface area contributed by atoms with Gasteiger partial charge in [0.1, 0.15) is 0 Å². The van der Waals surface area contributed by atoms with Gasteiger partial charge in [-0.25, -0.2) is 4.98 Å². The van der Waals surface area contributed by atoms with E-state index in [0.717, 1.165) is 5.69 Å². The van der Waals surface area contributed by atoms with Crippen LogP contribution in [-0.4, -0.2) is 4.98 Å². The van der Waals surface area contributed by atoms with E-state index in [1.807, 2.05) is 20.8 Å². The zero-order valence-corrected chi connectivity index (χ0v) is 8.81. The van der Waals surface area contributed by atoms with Gasteiger partial charge in [-0.15, -0.1) is 0 Å². The topological polar surface area (TPSA) is 64.9 Å². The van der Waals surface area contributed by atoms with Crippen molar-refractivity contribution in [3.63, 3.8) is 0 Å². The lowest BCUT2D eigenvalue weighted by molar-refractivity contribution is 0.569. The van der Waals surface area contributed by atoms with E-state index < -0.39 is 0 Å². The number of hydrogen-bond acceptors (Lipinski definition) is 3.